The Hall–Kier alpha value is -0.0800. The number of nitrogens with zero attached hydrogens (tertiary/aromatic N) is 1. The normalized spacial score (nSPS) is 16.0. The van der Waals surface area contributed by atoms with E-state index in [1.165, 1.54) is 12.8 Å². The zero-order chi connectivity index (χ0) is 11.9. The molecular formula is C13H29NO. The SMILES string of the molecule is CCCCC(C)(CO)N(CCC)C(C)C. The van der Waals surface area contributed by atoms with E-state index in [2.05, 4.69) is 39.5 Å². The molecule has 1 unspecified atom stereocenters. The van der Waals surface area contributed by atoms with Crippen molar-refractivity contribution < 1.29 is 5.11 Å². The molecule has 0 radical (unpaired) electrons. The molecule has 0 aromatic carbocycles. The summed E-state index contributed by atoms with van der Waals surface area (Å²) < 4.78 is 0. The first-order valence-corrected chi connectivity index (χ1v) is 6.39. The average Bonchev–Trinajstić information content (AvgIpc) is 2.22. The van der Waals surface area contributed by atoms with Crippen molar-refractivity contribution in [2.75, 3.05) is 13.2 Å². The maximum atomic E-state index is 9.62. The van der Waals surface area contributed by atoms with Gasteiger partial charge in [-0.3, -0.25) is 4.90 Å². The summed E-state index contributed by atoms with van der Waals surface area (Å²) in [4.78, 5) is 2.45. The van der Waals surface area contributed by atoms with Crippen molar-refractivity contribution in [2.24, 2.45) is 0 Å². The lowest BCUT2D eigenvalue weighted by atomic mass is 9.92. The summed E-state index contributed by atoms with van der Waals surface area (Å²) in [6, 6.07) is 0.513. The van der Waals surface area contributed by atoms with Crippen LogP contribution in [0.4, 0.5) is 0 Å². The van der Waals surface area contributed by atoms with E-state index in [1.807, 2.05) is 0 Å². The van der Waals surface area contributed by atoms with Crippen LogP contribution in [0.15, 0.2) is 0 Å². The van der Waals surface area contributed by atoms with Gasteiger partial charge in [0.15, 0.2) is 0 Å². The molecular weight excluding hydrogens is 186 g/mol. The molecule has 2 heteroatoms. The second kappa shape index (κ2) is 7.24. The smallest absolute Gasteiger partial charge is 0.0612 e. The zero-order valence-corrected chi connectivity index (χ0v) is 11.2. The first kappa shape index (κ1) is 14.9. The van der Waals surface area contributed by atoms with Gasteiger partial charge in [0.1, 0.15) is 0 Å². The molecule has 0 aliphatic rings. The number of unbranched alkanes of at least 4 members (excludes halogenated alkanes) is 1. The summed E-state index contributed by atoms with van der Waals surface area (Å²) in [5, 5.41) is 9.62. The van der Waals surface area contributed by atoms with E-state index in [9.17, 15) is 5.11 Å². The van der Waals surface area contributed by atoms with Gasteiger partial charge in [-0.1, -0.05) is 26.7 Å². The van der Waals surface area contributed by atoms with Crippen molar-refractivity contribution in [3.8, 4) is 0 Å². The second-order valence-corrected chi connectivity index (χ2v) is 5.05. The van der Waals surface area contributed by atoms with Crippen LogP contribution in [0.2, 0.25) is 0 Å². The van der Waals surface area contributed by atoms with Gasteiger partial charge in [0, 0.05) is 11.6 Å². The Balaban J connectivity index is 4.53. The summed E-state index contributed by atoms with van der Waals surface area (Å²) >= 11 is 0. The van der Waals surface area contributed by atoms with Crippen LogP contribution in [-0.4, -0.2) is 34.7 Å². The summed E-state index contributed by atoms with van der Waals surface area (Å²) in [7, 11) is 0. The first-order chi connectivity index (χ1) is 7.01. The third-order valence-electron chi connectivity index (χ3n) is 3.19. The average molecular weight is 215 g/mol. The summed E-state index contributed by atoms with van der Waals surface area (Å²) in [6.07, 6.45) is 4.65. The third kappa shape index (κ3) is 4.52. The van der Waals surface area contributed by atoms with Crippen LogP contribution in [0.1, 0.15) is 60.3 Å². The van der Waals surface area contributed by atoms with E-state index in [4.69, 9.17) is 0 Å². The molecule has 0 aliphatic heterocycles. The lowest BCUT2D eigenvalue weighted by Crippen LogP contribution is -2.52. The molecule has 2 nitrogen and oxygen atoms in total. The van der Waals surface area contributed by atoms with Gasteiger partial charge >= 0.3 is 0 Å². The fraction of sp³-hybridized carbons (Fsp3) is 1.00. The molecule has 0 spiro atoms. The van der Waals surface area contributed by atoms with Crippen molar-refractivity contribution in [3.63, 3.8) is 0 Å². The maximum absolute atomic E-state index is 9.62. The Morgan fingerprint density at radius 2 is 1.80 bits per heavy atom. The highest BCUT2D eigenvalue weighted by Gasteiger charge is 2.31. The van der Waals surface area contributed by atoms with Gasteiger partial charge in [-0.15, -0.1) is 0 Å². The largest absolute Gasteiger partial charge is 0.394 e. The molecule has 0 aromatic rings. The van der Waals surface area contributed by atoms with E-state index in [0.717, 1.165) is 19.4 Å². The van der Waals surface area contributed by atoms with Crippen molar-refractivity contribution >= 4 is 0 Å². The standard InChI is InChI=1S/C13H29NO/c1-6-8-9-13(5,11-15)14(10-7-2)12(3)4/h12,15H,6-11H2,1-5H3. The fourth-order valence-corrected chi connectivity index (χ4v) is 2.26. The summed E-state index contributed by atoms with van der Waals surface area (Å²) in [5.74, 6) is 0. The van der Waals surface area contributed by atoms with Gasteiger partial charge in [0.2, 0.25) is 0 Å². The Morgan fingerprint density at radius 1 is 1.20 bits per heavy atom. The highest BCUT2D eigenvalue weighted by Crippen LogP contribution is 2.24. The quantitative estimate of drug-likeness (QED) is 0.672. The molecule has 0 saturated carbocycles. The number of rotatable bonds is 8. The number of aliphatic hydroxyl groups excluding tert-OH is 1. The van der Waals surface area contributed by atoms with Gasteiger partial charge in [0.25, 0.3) is 0 Å². The molecule has 0 fully saturated rings. The van der Waals surface area contributed by atoms with E-state index in [1.54, 1.807) is 0 Å². The van der Waals surface area contributed by atoms with Gasteiger partial charge in [-0.25, -0.2) is 0 Å². The Morgan fingerprint density at radius 3 is 2.13 bits per heavy atom. The van der Waals surface area contributed by atoms with Crippen LogP contribution in [0.25, 0.3) is 0 Å². The molecule has 0 aliphatic carbocycles. The lowest BCUT2D eigenvalue weighted by molar-refractivity contribution is 0.0121. The van der Waals surface area contributed by atoms with Gasteiger partial charge in [-0.2, -0.15) is 0 Å². The van der Waals surface area contributed by atoms with Gasteiger partial charge in [0.05, 0.1) is 6.61 Å². The monoisotopic (exact) mass is 215 g/mol. The van der Waals surface area contributed by atoms with Crippen molar-refractivity contribution in [1.29, 1.82) is 0 Å². The van der Waals surface area contributed by atoms with Gasteiger partial charge < -0.3 is 5.11 Å². The van der Waals surface area contributed by atoms with E-state index < -0.39 is 0 Å². The van der Waals surface area contributed by atoms with E-state index in [-0.39, 0.29) is 12.1 Å². The predicted molar refractivity (Wildman–Crippen MR) is 67.1 cm³/mol. The third-order valence-corrected chi connectivity index (χ3v) is 3.19. The molecule has 1 atom stereocenters. The highest BCUT2D eigenvalue weighted by atomic mass is 16.3. The van der Waals surface area contributed by atoms with Crippen LogP contribution in [0.3, 0.4) is 0 Å². The number of hydrogen-bond donors (Lipinski definition) is 1. The van der Waals surface area contributed by atoms with E-state index in [0.29, 0.717) is 6.04 Å². The first-order valence-electron chi connectivity index (χ1n) is 6.39. The van der Waals surface area contributed by atoms with Crippen LogP contribution < -0.4 is 0 Å². The predicted octanol–water partition coefficient (Wildman–Crippen LogP) is 3.05. The fourth-order valence-electron chi connectivity index (χ4n) is 2.26. The van der Waals surface area contributed by atoms with Crippen molar-refractivity contribution in [2.45, 2.75) is 71.9 Å². The molecule has 0 saturated heterocycles. The maximum Gasteiger partial charge on any atom is 0.0612 e. The van der Waals surface area contributed by atoms with E-state index >= 15 is 0 Å². The zero-order valence-electron chi connectivity index (χ0n) is 11.2. The second-order valence-electron chi connectivity index (χ2n) is 5.05. The molecule has 0 bridgehead atoms. The molecule has 15 heavy (non-hydrogen) atoms. The van der Waals surface area contributed by atoms with Crippen LogP contribution in [0.5, 0.6) is 0 Å². The molecule has 0 aromatic heterocycles. The Bertz CT molecular complexity index is 159. The number of hydrogen-bond acceptors (Lipinski definition) is 2. The molecule has 0 heterocycles. The topological polar surface area (TPSA) is 23.5 Å². The van der Waals surface area contributed by atoms with Crippen molar-refractivity contribution in [1.82, 2.24) is 4.90 Å². The minimum Gasteiger partial charge on any atom is -0.394 e. The molecule has 92 valence electrons. The lowest BCUT2D eigenvalue weighted by Gasteiger charge is -2.43. The van der Waals surface area contributed by atoms with Crippen LogP contribution in [-0.2, 0) is 0 Å². The highest BCUT2D eigenvalue weighted by molar-refractivity contribution is 4.87. The minimum atomic E-state index is -0.0276. The number of aliphatic hydroxyl groups is 1. The van der Waals surface area contributed by atoms with Crippen molar-refractivity contribution in [3.05, 3.63) is 0 Å². The molecule has 1 N–H and O–H groups in total. The van der Waals surface area contributed by atoms with Crippen LogP contribution >= 0.6 is 0 Å². The minimum absolute atomic E-state index is 0.0276. The Kier molecular flexibility index (Phi) is 7.20. The van der Waals surface area contributed by atoms with Gasteiger partial charge in [-0.05, 0) is 40.2 Å². The summed E-state index contributed by atoms with van der Waals surface area (Å²) in [5.41, 5.74) is -0.0276. The Labute approximate surface area is 95.7 Å². The summed E-state index contributed by atoms with van der Waals surface area (Å²) in [6.45, 7) is 12.4. The molecule has 0 rings (SSSR count). The van der Waals surface area contributed by atoms with Crippen LogP contribution in [0, 0.1) is 0 Å². The molecule has 0 amide bonds.